The molecule has 0 nitrogen and oxygen atoms in total. The fourth-order valence-electron chi connectivity index (χ4n) is 2.08. The summed E-state index contributed by atoms with van der Waals surface area (Å²) < 4.78 is 0. The van der Waals surface area contributed by atoms with E-state index < -0.39 is 0 Å². The standard InChI is InChI=1S/C22H20/c1-4-6-21(7-5-2)22-16-14-20(15-17-22)13-12-19-10-8-18(3)9-11-19/h4-11,14-17H,1H2,2-3H3/b7-5-,21-6+. The van der Waals surface area contributed by atoms with Gasteiger partial charge >= 0.3 is 0 Å². The van der Waals surface area contributed by atoms with E-state index in [0.717, 1.165) is 16.7 Å². The number of hydrogen-bond donors (Lipinski definition) is 0. The largest absolute Gasteiger partial charge is 0.0990 e. The van der Waals surface area contributed by atoms with E-state index in [-0.39, 0.29) is 0 Å². The van der Waals surface area contributed by atoms with Crippen molar-refractivity contribution in [3.8, 4) is 11.8 Å². The van der Waals surface area contributed by atoms with Crippen LogP contribution in [-0.4, -0.2) is 0 Å². The Hall–Kier alpha value is -2.78. The van der Waals surface area contributed by atoms with Gasteiger partial charge in [0.05, 0.1) is 0 Å². The first-order chi connectivity index (χ1) is 10.7. The lowest BCUT2D eigenvalue weighted by atomic mass is 10.0. The summed E-state index contributed by atoms with van der Waals surface area (Å²) in [6.07, 6.45) is 7.92. The molecule has 0 fully saturated rings. The number of aryl methyl sites for hydroxylation is 1. The van der Waals surface area contributed by atoms with Gasteiger partial charge in [0.2, 0.25) is 0 Å². The zero-order chi connectivity index (χ0) is 15.8. The molecule has 2 aromatic rings. The van der Waals surface area contributed by atoms with E-state index in [2.05, 4.69) is 67.8 Å². The van der Waals surface area contributed by atoms with Gasteiger partial charge in [0, 0.05) is 11.1 Å². The number of benzene rings is 2. The Bertz CT molecular complexity index is 742. The van der Waals surface area contributed by atoms with Crippen LogP contribution in [0.3, 0.4) is 0 Å². The van der Waals surface area contributed by atoms with Crippen LogP contribution in [0.1, 0.15) is 29.2 Å². The summed E-state index contributed by atoms with van der Waals surface area (Å²) in [5.74, 6) is 6.40. The molecule has 0 amide bonds. The van der Waals surface area contributed by atoms with Crippen LogP contribution in [0.2, 0.25) is 0 Å². The highest BCUT2D eigenvalue weighted by molar-refractivity contribution is 5.75. The minimum absolute atomic E-state index is 1.02. The van der Waals surface area contributed by atoms with Crippen LogP contribution in [0.4, 0.5) is 0 Å². The summed E-state index contributed by atoms with van der Waals surface area (Å²) in [6.45, 7) is 7.85. The van der Waals surface area contributed by atoms with Crippen molar-refractivity contribution in [2.75, 3.05) is 0 Å². The van der Waals surface area contributed by atoms with Gasteiger partial charge in [-0.3, -0.25) is 0 Å². The van der Waals surface area contributed by atoms with Crippen LogP contribution in [0, 0.1) is 18.8 Å². The highest BCUT2D eigenvalue weighted by Crippen LogP contribution is 2.17. The predicted molar refractivity (Wildman–Crippen MR) is 96.6 cm³/mol. The third kappa shape index (κ3) is 4.36. The van der Waals surface area contributed by atoms with Crippen molar-refractivity contribution in [3.63, 3.8) is 0 Å². The quantitative estimate of drug-likeness (QED) is 0.513. The average molecular weight is 284 g/mol. The lowest BCUT2D eigenvalue weighted by molar-refractivity contribution is 1.46. The molecule has 0 heteroatoms. The van der Waals surface area contributed by atoms with Crippen LogP contribution in [-0.2, 0) is 0 Å². The number of hydrogen-bond acceptors (Lipinski definition) is 0. The molecule has 0 saturated heterocycles. The molecule has 0 spiro atoms. The lowest BCUT2D eigenvalue weighted by Gasteiger charge is -2.02. The Morgan fingerprint density at radius 2 is 1.45 bits per heavy atom. The average Bonchev–Trinajstić information content (AvgIpc) is 2.55. The fraction of sp³-hybridized carbons (Fsp3) is 0.0909. The molecular formula is C22H20. The molecule has 0 unspecified atom stereocenters. The molecule has 0 aliphatic carbocycles. The third-order valence-corrected chi connectivity index (χ3v) is 3.26. The zero-order valence-electron chi connectivity index (χ0n) is 13.1. The summed E-state index contributed by atoms with van der Waals surface area (Å²) >= 11 is 0. The van der Waals surface area contributed by atoms with E-state index in [4.69, 9.17) is 0 Å². The molecule has 0 radical (unpaired) electrons. The first-order valence-electron chi connectivity index (χ1n) is 7.37. The normalized spacial score (nSPS) is 11.1. The SMILES string of the molecule is C=C/C=C(\C=C/C)c1ccc(C#Cc2ccc(C)cc2)cc1. The molecule has 0 bridgehead atoms. The Morgan fingerprint density at radius 1 is 0.909 bits per heavy atom. The molecular weight excluding hydrogens is 264 g/mol. The molecule has 22 heavy (non-hydrogen) atoms. The van der Waals surface area contributed by atoms with Crippen LogP contribution < -0.4 is 0 Å². The fourth-order valence-corrected chi connectivity index (χ4v) is 2.08. The number of rotatable bonds is 3. The molecule has 2 aromatic carbocycles. The molecule has 0 heterocycles. The minimum Gasteiger partial charge on any atom is -0.0990 e. The van der Waals surface area contributed by atoms with Crippen LogP contribution in [0.25, 0.3) is 5.57 Å². The van der Waals surface area contributed by atoms with E-state index in [9.17, 15) is 0 Å². The second-order valence-corrected chi connectivity index (χ2v) is 5.05. The smallest absolute Gasteiger partial charge is 0.0249 e. The predicted octanol–water partition coefficient (Wildman–Crippen LogP) is 5.54. The Labute approximate surface area is 133 Å². The van der Waals surface area contributed by atoms with Gasteiger partial charge in [-0.15, -0.1) is 0 Å². The van der Waals surface area contributed by atoms with Crippen molar-refractivity contribution in [2.45, 2.75) is 13.8 Å². The van der Waals surface area contributed by atoms with Crippen molar-refractivity contribution in [1.29, 1.82) is 0 Å². The van der Waals surface area contributed by atoms with Gasteiger partial charge in [-0.05, 0) is 49.2 Å². The summed E-state index contributed by atoms with van der Waals surface area (Å²) in [7, 11) is 0. The van der Waals surface area contributed by atoms with Crippen molar-refractivity contribution < 1.29 is 0 Å². The second-order valence-electron chi connectivity index (χ2n) is 5.05. The van der Waals surface area contributed by atoms with E-state index in [1.165, 1.54) is 11.1 Å². The van der Waals surface area contributed by atoms with Crippen LogP contribution in [0.15, 0.2) is 79.4 Å². The molecule has 0 N–H and O–H groups in total. The molecule has 0 saturated carbocycles. The first kappa shape index (κ1) is 15.6. The first-order valence-corrected chi connectivity index (χ1v) is 7.37. The van der Waals surface area contributed by atoms with Crippen molar-refractivity contribution in [2.24, 2.45) is 0 Å². The molecule has 2 rings (SSSR count). The molecule has 0 atom stereocenters. The van der Waals surface area contributed by atoms with Gasteiger partial charge < -0.3 is 0 Å². The third-order valence-electron chi connectivity index (χ3n) is 3.26. The Morgan fingerprint density at radius 3 is 1.95 bits per heavy atom. The summed E-state index contributed by atoms with van der Waals surface area (Å²) in [5.41, 5.74) is 5.62. The molecule has 0 aromatic heterocycles. The Kier molecular flexibility index (Phi) is 5.57. The van der Waals surface area contributed by atoms with E-state index in [0.29, 0.717) is 0 Å². The minimum atomic E-state index is 1.02. The lowest BCUT2D eigenvalue weighted by Crippen LogP contribution is -1.82. The van der Waals surface area contributed by atoms with Crippen molar-refractivity contribution >= 4 is 5.57 Å². The maximum Gasteiger partial charge on any atom is 0.0249 e. The maximum atomic E-state index is 3.76. The highest BCUT2D eigenvalue weighted by atomic mass is 14.0. The van der Waals surface area contributed by atoms with Crippen LogP contribution >= 0.6 is 0 Å². The molecule has 0 aliphatic rings. The van der Waals surface area contributed by atoms with E-state index >= 15 is 0 Å². The van der Waals surface area contributed by atoms with Crippen LogP contribution in [0.5, 0.6) is 0 Å². The topological polar surface area (TPSA) is 0 Å². The van der Waals surface area contributed by atoms with E-state index in [1.54, 1.807) is 6.08 Å². The van der Waals surface area contributed by atoms with Gasteiger partial charge in [0.1, 0.15) is 0 Å². The molecule has 108 valence electrons. The summed E-state index contributed by atoms with van der Waals surface area (Å²) in [5, 5.41) is 0. The monoisotopic (exact) mass is 284 g/mol. The van der Waals surface area contributed by atoms with Gasteiger partial charge in [0.15, 0.2) is 0 Å². The maximum absolute atomic E-state index is 3.76. The van der Waals surface area contributed by atoms with Gasteiger partial charge in [-0.25, -0.2) is 0 Å². The van der Waals surface area contributed by atoms with Gasteiger partial charge in [-0.1, -0.05) is 72.6 Å². The van der Waals surface area contributed by atoms with E-state index in [1.807, 2.05) is 31.2 Å². The van der Waals surface area contributed by atoms with Gasteiger partial charge in [0.25, 0.3) is 0 Å². The van der Waals surface area contributed by atoms with Crippen molar-refractivity contribution in [3.05, 3.63) is 102 Å². The molecule has 0 aliphatic heterocycles. The zero-order valence-corrected chi connectivity index (χ0v) is 13.1. The number of allylic oxidation sites excluding steroid dienone is 5. The Balaban J connectivity index is 2.21. The summed E-state index contributed by atoms with van der Waals surface area (Å²) in [4.78, 5) is 0. The highest BCUT2D eigenvalue weighted by Gasteiger charge is 1.96. The van der Waals surface area contributed by atoms with Gasteiger partial charge in [-0.2, -0.15) is 0 Å². The summed E-state index contributed by atoms with van der Waals surface area (Å²) in [6, 6.07) is 16.5. The second kappa shape index (κ2) is 7.86. The van der Waals surface area contributed by atoms with Crippen molar-refractivity contribution in [1.82, 2.24) is 0 Å².